The maximum absolute atomic E-state index is 13.7. The summed E-state index contributed by atoms with van der Waals surface area (Å²) in [6.45, 7) is 0.221. The number of hydrogen-bond donors (Lipinski definition) is 1. The lowest BCUT2D eigenvalue weighted by molar-refractivity contribution is -0.141. The number of benzene rings is 2. The quantitative estimate of drug-likeness (QED) is 0.383. The van der Waals surface area contributed by atoms with Crippen LogP contribution in [0.4, 0.5) is 27.6 Å². The van der Waals surface area contributed by atoms with Gasteiger partial charge in [0.25, 0.3) is 0 Å². The molecule has 0 unspecified atom stereocenters. The topological polar surface area (TPSA) is 78.2 Å². The zero-order valence-corrected chi connectivity index (χ0v) is 20.3. The molecule has 1 saturated heterocycles. The summed E-state index contributed by atoms with van der Waals surface area (Å²) in [6.07, 6.45) is -4.45. The number of pyridine rings is 1. The SMILES string of the molecule is CC(C)(N[C@@H]1C[C@H](c2cccc(OC(F)F)c2)N(c2ccc(C#N)cc2)C1=O)c1cccc(C(F)(F)F)n1. The molecule has 1 aromatic heterocycles. The van der Waals surface area contributed by atoms with E-state index in [2.05, 4.69) is 15.0 Å². The Morgan fingerprint density at radius 1 is 1.05 bits per heavy atom. The summed E-state index contributed by atoms with van der Waals surface area (Å²) in [5, 5.41) is 12.3. The van der Waals surface area contributed by atoms with Gasteiger partial charge in [-0.3, -0.25) is 10.1 Å². The van der Waals surface area contributed by atoms with Gasteiger partial charge >= 0.3 is 12.8 Å². The van der Waals surface area contributed by atoms with E-state index in [0.29, 0.717) is 16.8 Å². The van der Waals surface area contributed by atoms with E-state index in [9.17, 15) is 26.7 Å². The molecule has 1 aliphatic heterocycles. The Morgan fingerprint density at radius 2 is 1.71 bits per heavy atom. The summed E-state index contributed by atoms with van der Waals surface area (Å²) in [7, 11) is 0. The molecule has 0 saturated carbocycles. The molecule has 2 aromatic carbocycles. The number of nitrogens with zero attached hydrogens (tertiary/aromatic N) is 3. The second-order valence-corrected chi connectivity index (χ2v) is 9.30. The molecule has 11 heteroatoms. The van der Waals surface area contributed by atoms with Crippen molar-refractivity contribution in [2.45, 2.75) is 50.7 Å². The maximum atomic E-state index is 13.7. The van der Waals surface area contributed by atoms with Crippen molar-refractivity contribution < 1.29 is 31.5 Å². The van der Waals surface area contributed by atoms with Crippen molar-refractivity contribution in [1.82, 2.24) is 10.3 Å². The fourth-order valence-corrected chi connectivity index (χ4v) is 4.51. The number of nitriles is 1. The smallest absolute Gasteiger partial charge is 0.433 e. The van der Waals surface area contributed by atoms with Crippen LogP contribution < -0.4 is 15.0 Å². The third-order valence-corrected chi connectivity index (χ3v) is 6.26. The van der Waals surface area contributed by atoms with Gasteiger partial charge in [-0.15, -0.1) is 0 Å². The van der Waals surface area contributed by atoms with Crippen molar-refractivity contribution in [3.8, 4) is 11.8 Å². The second kappa shape index (κ2) is 10.4. The van der Waals surface area contributed by atoms with Gasteiger partial charge < -0.3 is 9.64 Å². The van der Waals surface area contributed by atoms with Gasteiger partial charge in [-0.05, 0) is 74.4 Å². The highest BCUT2D eigenvalue weighted by molar-refractivity contribution is 6.00. The van der Waals surface area contributed by atoms with Gasteiger partial charge in [-0.1, -0.05) is 18.2 Å². The first-order chi connectivity index (χ1) is 17.9. The number of amides is 1. The molecule has 38 heavy (non-hydrogen) atoms. The maximum Gasteiger partial charge on any atom is 0.433 e. The lowest BCUT2D eigenvalue weighted by Crippen LogP contribution is -2.48. The number of halogens is 5. The molecule has 1 amide bonds. The molecule has 198 valence electrons. The third-order valence-electron chi connectivity index (χ3n) is 6.26. The summed E-state index contributed by atoms with van der Waals surface area (Å²) in [5.74, 6) is -0.449. The molecule has 2 atom stereocenters. The Kier molecular flexibility index (Phi) is 7.37. The molecule has 1 aliphatic rings. The molecule has 1 N–H and O–H groups in total. The number of nitrogens with one attached hydrogen (secondary N) is 1. The van der Waals surface area contributed by atoms with Crippen LogP contribution in [0.2, 0.25) is 0 Å². The average molecular weight is 530 g/mol. The summed E-state index contributed by atoms with van der Waals surface area (Å²) >= 11 is 0. The number of carbonyl (C=O) groups excluding carboxylic acids is 1. The molecule has 0 spiro atoms. The molecular weight excluding hydrogens is 507 g/mol. The number of carbonyl (C=O) groups is 1. The molecule has 6 nitrogen and oxygen atoms in total. The van der Waals surface area contributed by atoms with E-state index in [-0.39, 0.29) is 23.8 Å². The number of rotatable bonds is 7. The zero-order chi connectivity index (χ0) is 27.7. The minimum atomic E-state index is -4.63. The third kappa shape index (κ3) is 5.75. The molecule has 0 bridgehead atoms. The van der Waals surface area contributed by atoms with Crippen LogP contribution in [-0.4, -0.2) is 23.5 Å². The standard InChI is InChI=1S/C27H23F5N4O2/c1-26(2,22-7-4-8-23(34-22)27(30,31)32)35-20-14-21(17-5-3-6-19(13-17)38-25(28)29)36(24(20)37)18-11-9-16(15-33)10-12-18/h3-13,20-21,25,35H,14H2,1-2H3/t20-,21-/m1/s1. The fraction of sp³-hybridized carbons (Fsp3) is 0.296. The summed E-state index contributed by atoms with van der Waals surface area (Å²) in [5.41, 5.74) is -0.696. The Bertz CT molecular complexity index is 1350. The number of anilines is 1. The zero-order valence-electron chi connectivity index (χ0n) is 20.3. The van der Waals surface area contributed by atoms with Crippen LogP contribution in [0.25, 0.3) is 0 Å². The van der Waals surface area contributed by atoms with Crippen LogP contribution in [0, 0.1) is 11.3 Å². The number of hydrogen-bond acceptors (Lipinski definition) is 5. The molecule has 0 aliphatic carbocycles. The van der Waals surface area contributed by atoms with E-state index in [1.54, 1.807) is 44.2 Å². The molecule has 4 rings (SSSR count). The van der Waals surface area contributed by atoms with Gasteiger partial charge in [-0.25, -0.2) is 4.98 Å². The van der Waals surface area contributed by atoms with Crippen LogP contribution in [0.15, 0.2) is 66.7 Å². The summed E-state index contributed by atoms with van der Waals surface area (Å²) in [6, 6.07) is 16.4. The Labute approximate surface area is 215 Å². The molecule has 3 aromatic rings. The Hall–Kier alpha value is -4.04. The lowest BCUT2D eigenvalue weighted by atomic mass is 9.96. The van der Waals surface area contributed by atoms with Crippen LogP contribution in [0.5, 0.6) is 5.75 Å². The largest absolute Gasteiger partial charge is 0.435 e. The van der Waals surface area contributed by atoms with Crippen molar-refractivity contribution in [2.75, 3.05) is 4.90 Å². The minimum Gasteiger partial charge on any atom is -0.435 e. The first-order valence-corrected chi connectivity index (χ1v) is 11.6. The number of aromatic nitrogens is 1. The highest BCUT2D eigenvalue weighted by Gasteiger charge is 2.44. The van der Waals surface area contributed by atoms with E-state index in [1.165, 1.54) is 35.2 Å². The van der Waals surface area contributed by atoms with Crippen LogP contribution in [-0.2, 0) is 16.5 Å². The van der Waals surface area contributed by atoms with Gasteiger partial charge in [0.15, 0.2) is 0 Å². The summed E-state index contributed by atoms with van der Waals surface area (Å²) in [4.78, 5) is 18.9. The molecule has 0 radical (unpaired) electrons. The van der Waals surface area contributed by atoms with E-state index in [0.717, 1.165) is 6.07 Å². The molecular formula is C27H23F5N4O2. The lowest BCUT2D eigenvalue weighted by Gasteiger charge is -2.29. The van der Waals surface area contributed by atoms with Crippen LogP contribution in [0.3, 0.4) is 0 Å². The molecule has 2 heterocycles. The van der Waals surface area contributed by atoms with Gasteiger partial charge in [0.2, 0.25) is 5.91 Å². The molecule has 1 fully saturated rings. The average Bonchev–Trinajstić information content (AvgIpc) is 3.18. The van der Waals surface area contributed by atoms with Crippen molar-refractivity contribution >= 4 is 11.6 Å². The van der Waals surface area contributed by atoms with E-state index >= 15 is 0 Å². The second-order valence-electron chi connectivity index (χ2n) is 9.30. The van der Waals surface area contributed by atoms with E-state index < -0.39 is 36.1 Å². The number of ether oxygens (including phenoxy) is 1. The van der Waals surface area contributed by atoms with Gasteiger partial charge in [-0.2, -0.15) is 27.2 Å². The minimum absolute atomic E-state index is 0.0744. The van der Waals surface area contributed by atoms with Gasteiger partial charge in [0, 0.05) is 5.69 Å². The highest BCUT2D eigenvalue weighted by atomic mass is 19.4. The van der Waals surface area contributed by atoms with E-state index in [4.69, 9.17) is 5.26 Å². The van der Waals surface area contributed by atoms with Gasteiger partial charge in [0.05, 0.1) is 34.9 Å². The number of alkyl halides is 5. The van der Waals surface area contributed by atoms with Gasteiger partial charge in [0.1, 0.15) is 11.4 Å². The monoisotopic (exact) mass is 530 g/mol. The van der Waals surface area contributed by atoms with Crippen molar-refractivity contribution in [2.24, 2.45) is 0 Å². The Morgan fingerprint density at radius 3 is 2.34 bits per heavy atom. The first kappa shape index (κ1) is 27.0. The Balaban J connectivity index is 1.69. The first-order valence-electron chi connectivity index (χ1n) is 11.6. The van der Waals surface area contributed by atoms with Crippen molar-refractivity contribution in [1.29, 1.82) is 5.26 Å². The predicted octanol–water partition coefficient (Wildman–Crippen LogP) is 5.94. The van der Waals surface area contributed by atoms with Crippen LogP contribution >= 0.6 is 0 Å². The van der Waals surface area contributed by atoms with Crippen LogP contribution in [0.1, 0.15) is 48.8 Å². The van der Waals surface area contributed by atoms with Crippen molar-refractivity contribution in [3.05, 3.63) is 89.2 Å². The highest BCUT2D eigenvalue weighted by Crippen LogP contribution is 2.40. The van der Waals surface area contributed by atoms with Crippen molar-refractivity contribution in [3.63, 3.8) is 0 Å². The fourth-order valence-electron chi connectivity index (χ4n) is 4.51. The normalized spacial score (nSPS) is 18.1. The predicted molar refractivity (Wildman–Crippen MR) is 128 cm³/mol. The summed E-state index contributed by atoms with van der Waals surface area (Å²) < 4.78 is 69.9. The van der Waals surface area contributed by atoms with E-state index in [1.807, 2.05) is 6.07 Å².